The number of rotatable bonds is 5. The zero-order valence-corrected chi connectivity index (χ0v) is 14.2. The van der Waals surface area contributed by atoms with Crippen LogP contribution in [0.3, 0.4) is 0 Å². The summed E-state index contributed by atoms with van der Waals surface area (Å²) in [5, 5.41) is 0. The van der Waals surface area contributed by atoms with Crippen molar-refractivity contribution in [3.05, 3.63) is 28.2 Å². The molecule has 0 amide bonds. The Balaban J connectivity index is 2.39. The standard InChI is InChI=1S/C14H20BrNO3S/c1-3-11-9-12(15)6-7-14(11)20(17,18)16-8-4-5-13(16)10-19-2/h6-7,9,13H,3-5,8,10H2,1-2H3/t13-/m0/s1. The van der Waals surface area contributed by atoms with E-state index < -0.39 is 10.0 Å². The van der Waals surface area contributed by atoms with Gasteiger partial charge in [-0.2, -0.15) is 4.31 Å². The van der Waals surface area contributed by atoms with Crippen LogP contribution in [0.5, 0.6) is 0 Å². The Morgan fingerprint density at radius 1 is 1.45 bits per heavy atom. The van der Waals surface area contributed by atoms with Gasteiger partial charge in [-0.15, -0.1) is 0 Å². The van der Waals surface area contributed by atoms with E-state index >= 15 is 0 Å². The molecule has 6 heteroatoms. The summed E-state index contributed by atoms with van der Waals surface area (Å²) >= 11 is 3.40. The van der Waals surface area contributed by atoms with E-state index in [9.17, 15) is 8.42 Å². The van der Waals surface area contributed by atoms with Gasteiger partial charge in [-0.25, -0.2) is 8.42 Å². The molecule has 0 aromatic heterocycles. The third-order valence-electron chi connectivity index (χ3n) is 3.67. The van der Waals surface area contributed by atoms with Crippen molar-refractivity contribution in [2.75, 3.05) is 20.3 Å². The zero-order valence-electron chi connectivity index (χ0n) is 11.8. The molecule has 1 heterocycles. The van der Waals surface area contributed by atoms with Crippen molar-refractivity contribution in [1.29, 1.82) is 0 Å². The Labute approximate surface area is 129 Å². The number of methoxy groups -OCH3 is 1. The molecular formula is C14H20BrNO3S. The molecule has 1 fully saturated rings. The second-order valence-corrected chi connectivity index (χ2v) is 7.75. The maximum absolute atomic E-state index is 12.9. The molecule has 1 saturated heterocycles. The molecule has 0 aliphatic carbocycles. The maximum Gasteiger partial charge on any atom is 0.243 e. The van der Waals surface area contributed by atoms with Gasteiger partial charge in [0.05, 0.1) is 11.5 Å². The number of sulfonamides is 1. The summed E-state index contributed by atoms with van der Waals surface area (Å²) in [5.41, 5.74) is 0.849. The summed E-state index contributed by atoms with van der Waals surface area (Å²) in [5.74, 6) is 0. The first kappa shape index (κ1) is 15.9. The Morgan fingerprint density at radius 3 is 2.85 bits per heavy atom. The molecule has 0 saturated carbocycles. The minimum atomic E-state index is -3.44. The minimum Gasteiger partial charge on any atom is -0.383 e. The molecular weight excluding hydrogens is 342 g/mol. The van der Waals surface area contributed by atoms with Crippen LogP contribution in [0.15, 0.2) is 27.6 Å². The third-order valence-corrected chi connectivity index (χ3v) is 6.22. The van der Waals surface area contributed by atoms with Gasteiger partial charge in [0.1, 0.15) is 0 Å². The molecule has 0 unspecified atom stereocenters. The zero-order chi connectivity index (χ0) is 14.8. The van der Waals surface area contributed by atoms with Crippen LogP contribution >= 0.6 is 15.9 Å². The van der Waals surface area contributed by atoms with Crippen molar-refractivity contribution in [2.24, 2.45) is 0 Å². The molecule has 112 valence electrons. The second kappa shape index (κ2) is 6.56. The molecule has 1 aromatic rings. The smallest absolute Gasteiger partial charge is 0.243 e. The van der Waals surface area contributed by atoms with Gasteiger partial charge in [0.2, 0.25) is 10.0 Å². The highest BCUT2D eigenvalue weighted by Crippen LogP contribution is 2.29. The average Bonchev–Trinajstić information content (AvgIpc) is 2.87. The van der Waals surface area contributed by atoms with Crippen molar-refractivity contribution < 1.29 is 13.2 Å². The SMILES string of the molecule is CCc1cc(Br)ccc1S(=O)(=O)N1CCC[C@H]1COC. The van der Waals surface area contributed by atoms with E-state index in [0.717, 1.165) is 22.9 Å². The maximum atomic E-state index is 12.9. The molecule has 0 N–H and O–H groups in total. The van der Waals surface area contributed by atoms with Crippen LogP contribution in [0, 0.1) is 0 Å². The van der Waals surface area contributed by atoms with Crippen LogP contribution in [-0.4, -0.2) is 39.0 Å². The summed E-state index contributed by atoms with van der Waals surface area (Å²) < 4.78 is 33.4. The van der Waals surface area contributed by atoms with E-state index in [1.54, 1.807) is 23.5 Å². The van der Waals surface area contributed by atoms with E-state index in [0.29, 0.717) is 24.5 Å². The summed E-state index contributed by atoms with van der Waals surface area (Å²) in [6, 6.07) is 5.32. The first-order valence-electron chi connectivity index (χ1n) is 6.80. The Kier molecular flexibility index (Phi) is 5.23. The van der Waals surface area contributed by atoms with Crippen LogP contribution in [0.25, 0.3) is 0 Å². The van der Waals surface area contributed by atoms with Gasteiger partial charge in [0.25, 0.3) is 0 Å². The molecule has 1 aliphatic heterocycles. The lowest BCUT2D eigenvalue weighted by Crippen LogP contribution is -2.38. The van der Waals surface area contributed by atoms with E-state index in [1.165, 1.54) is 0 Å². The summed E-state index contributed by atoms with van der Waals surface area (Å²) in [6.07, 6.45) is 2.45. The Hall–Kier alpha value is -0.430. The molecule has 4 nitrogen and oxygen atoms in total. The predicted molar refractivity (Wildman–Crippen MR) is 82.3 cm³/mol. The molecule has 0 spiro atoms. The lowest BCUT2D eigenvalue weighted by Gasteiger charge is -2.24. The molecule has 0 radical (unpaired) electrons. The Bertz CT molecular complexity index is 574. The number of hydrogen-bond acceptors (Lipinski definition) is 3. The number of ether oxygens (including phenoxy) is 1. The van der Waals surface area contributed by atoms with Crippen LogP contribution in [0.2, 0.25) is 0 Å². The fraction of sp³-hybridized carbons (Fsp3) is 0.571. The van der Waals surface area contributed by atoms with Gasteiger partial charge in [0.15, 0.2) is 0 Å². The summed E-state index contributed by atoms with van der Waals surface area (Å²) in [6.45, 7) is 3.00. The minimum absolute atomic E-state index is 0.0432. The molecule has 2 rings (SSSR count). The molecule has 1 aromatic carbocycles. The average molecular weight is 362 g/mol. The van der Waals surface area contributed by atoms with Crippen molar-refractivity contribution in [3.63, 3.8) is 0 Å². The van der Waals surface area contributed by atoms with Gasteiger partial charge < -0.3 is 4.74 Å². The summed E-state index contributed by atoms with van der Waals surface area (Å²) in [7, 11) is -1.83. The van der Waals surface area contributed by atoms with Gasteiger partial charge in [-0.3, -0.25) is 0 Å². The van der Waals surface area contributed by atoms with E-state index in [-0.39, 0.29) is 6.04 Å². The second-order valence-electron chi connectivity index (χ2n) is 4.97. The van der Waals surface area contributed by atoms with Crippen molar-refractivity contribution >= 4 is 26.0 Å². The van der Waals surface area contributed by atoms with Gasteiger partial charge >= 0.3 is 0 Å². The summed E-state index contributed by atoms with van der Waals surface area (Å²) in [4.78, 5) is 0.422. The van der Waals surface area contributed by atoms with E-state index in [2.05, 4.69) is 15.9 Å². The molecule has 0 bridgehead atoms. The van der Waals surface area contributed by atoms with Crippen LogP contribution < -0.4 is 0 Å². The number of halogens is 1. The Morgan fingerprint density at radius 2 is 2.20 bits per heavy atom. The van der Waals surface area contributed by atoms with Gasteiger partial charge in [-0.05, 0) is 43.0 Å². The number of benzene rings is 1. The number of nitrogens with zero attached hydrogens (tertiary/aromatic N) is 1. The first-order valence-corrected chi connectivity index (χ1v) is 9.03. The molecule has 1 aliphatic rings. The quantitative estimate of drug-likeness (QED) is 0.809. The first-order chi connectivity index (χ1) is 9.50. The number of aryl methyl sites for hydroxylation is 1. The highest BCUT2D eigenvalue weighted by Gasteiger charge is 2.36. The lowest BCUT2D eigenvalue weighted by atomic mass is 10.2. The van der Waals surface area contributed by atoms with Crippen LogP contribution in [0.4, 0.5) is 0 Å². The number of hydrogen-bond donors (Lipinski definition) is 0. The molecule has 1 atom stereocenters. The van der Waals surface area contributed by atoms with E-state index in [1.807, 2.05) is 13.0 Å². The van der Waals surface area contributed by atoms with E-state index in [4.69, 9.17) is 4.74 Å². The van der Waals surface area contributed by atoms with Gasteiger partial charge in [-0.1, -0.05) is 22.9 Å². The van der Waals surface area contributed by atoms with Crippen LogP contribution in [-0.2, 0) is 21.2 Å². The molecule has 20 heavy (non-hydrogen) atoms. The van der Waals surface area contributed by atoms with Crippen molar-refractivity contribution in [1.82, 2.24) is 4.31 Å². The van der Waals surface area contributed by atoms with Crippen molar-refractivity contribution in [3.8, 4) is 0 Å². The lowest BCUT2D eigenvalue weighted by molar-refractivity contribution is 0.149. The van der Waals surface area contributed by atoms with Crippen LogP contribution in [0.1, 0.15) is 25.3 Å². The predicted octanol–water partition coefficient (Wildman–Crippen LogP) is 2.81. The largest absolute Gasteiger partial charge is 0.383 e. The monoisotopic (exact) mass is 361 g/mol. The fourth-order valence-corrected chi connectivity index (χ4v) is 5.05. The normalized spacial score (nSPS) is 20.4. The van der Waals surface area contributed by atoms with Gasteiger partial charge in [0, 0.05) is 24.2 Å². The topological polar surface area (TPSA) is 46.6 Å². The fourth-order valence-electron chi connectivity index (χ4n) is 2.69. The highest BCUT2D eigenvalue weighted by atomic mass is 79.9. The third kappa shape index (κ3) is 3.08. The highest BCUT2D eigenvalue weighted by molar-refractivity contribution is 9.10. The van der Waals surface area contributed by atoms with Crippen molar-refractivity contribution in [2.45, 2.75) is 37.1 Å².